The van der Waals surface area contributed by atoms with Gasteiger partial charge in [-0.2, -0.15) is 0 Å². The molecule has 0 radical (unpaired) electrons. The molecule has 4 aromatic rings. The van der Waals surface area contributed by atoms with Crippen LogP contribution in [-0.4, -0.2) is 20.2 Å². The Morgan fingerprint density at radius 1 is 1.10 bits per heavy atom. The second-order valence-electron chi connectivity index (χ2n) is 6.91. The van der Waals surface area contributed by atoms with Crippen LogP contribution in [-0.2, 0) is 6.54 Å². The second kappa shape index (κ2) is 8.54. The highest BCUT2D eigenvalue weighted by Gasteiger charge is 2.12. The van der Waals surface area contributed by atoms with Crippen LogP contribution in [0.15, 0.2) is 82.2 Å². The Morgan fingerprint density at radius 2 is 1.90 bits per heavy atom. The van der Waals surface area contributed by atoms with Gasteiger partial charge in [-0.3, -0.25) is 4.40 Å². The van der Waals surface area contributed by atoms with Gasteiger partial charge in [-0.25, -0.2) is 14.3 Å². The first-order valence-electron chi connectivity index (χ1n) is 9.46. The average molecular weight is 466 g/mol. The molecule has 2 amide bonds. The van der Waals surface area contributed by atoms with E-state index in [1.165, 1.54) is 9.08 Å². The maximum absolute atomic E-state index is 12.5. The minimum atomic E-state index is -0.305. The van der Waals surface area contributed by atoms with Crippen LogP contribution in [0, 0.1) is 0 Å². The number of carbonyl (C=O) groups is 1. The SMILES string of the molecule is CC(NC(=O)Nc1cccc(Cn2nc3ccccn3c2=O)c1)c1ccccc1Br. The number of benzene rings is 2. The number of anilines is 1. The fraction of sp³-hybridized carbons (Fsp3) is 0.136. The maximum atomic E-state index is 12.5. The van der Waals surface area contributed by atoms with Crippen molar-refractivity contribution in [1.29, 1.82) is 0 Å². The quantitative estimate of drug-likeness (QED) is 0.463. The van der Waals surface area contributed by atoms with Crippen LogP contribution in [0.4, 0.5) is 10.5 Å². The standard InChI is InChI=1S/C22H20BrN5O2/c1-15(18-9-2-3-10-19(18)23)24-21(29)25-17-8-6-7-16(13-17)14-28-22(30)27-12-5-4-11-20(27)26-28/h2-13,15H,14H2,1H3,(H2,24,25,29). The zero-order chi connectivity index (χ0) is 21.1. The van der Waals surface area contributed by atoms with Crippen LogP contribution in [0.3, 0.4) is 0 Å². The summed E-state index contributed by atoms with van der Waals surface area (Å²) in [6.45, 7) is 2.23. The number of pyridine rings is 1. The van der Waals surface area contributed by atoms with Gasteiger partial charge in [0.2, 0.25) is 0 Å². The average Bonchev–Trinajstić information content (AvgIpc) is 3.04. The number of carbonyl (C=O) groups excluding carboxylic acids is 1. The lowest BCUT2D eigenvalue weighted by atomic mass is 10.1. The Balaban J connectivity index is 1.45. The number of amides is 2. The monoisotopic (exact) mass is 465 g/mol. The molecule has 2 N–H and O–H groups in total. The molecule has 2 aromatic carbocycles. The molecular weight excluding hydrogens is 446 g/mol. The normalized spacial score (nSPS) is 11.9. The molecule has 30 heavy (non-hydrogen) atoms. The van der Waals surface area contributed by atoms with Gasteiger partial charge in [-0.05, 0) is 48.4 Å². The minimum Gasteiger partial charge on any atom is -0.331 e. The highest BCUT2D eigenvalue weighted by atomic mass is 79.9. The van der Waals surface area contributed by atoms with E-state index in [2.05, 4.69) is 31.7 Å². The number of aromatic nitrogens is 3. The van der Waals surface area contributed by atoms with E-state index >= 15 is 0 Å². The van der Waals surface area contributed by atoms with Crippen molar-refractivity contribution in [3.8, 4) is 0 Å². The summed E-state index contributed by atoms with van der Waals surface area (Å²) in [5, 5.41) is 10.1. The van der Waals surface area contributed by atoms with Crippen molar-refractivity contribution in [2.45, 2.75) is 19.5 Å². The van der Waals surface area contributed by atoms with Crippen LogP contribution in [0.5, 0.6) is 0 Å². The molecule has 0 spiro atoms. The molecule has 0 saturated heterocycles. The van der Waals surface area contributed by atoms with Crippen molar-refractivity contribution in [3.05, 3.63) is 99.0 Å². The van der Waals surface area contributed by atoms with Crippen LogP contribution in [0.1, 0.15) is 24.1 Å². The summed E-state index contributed by atoms with van der Waals surface area (Å²) in [6, 6.07) is 20.1. The van der Waals surface area contributed by atoms with Gasteiger partial charge in [0.05, 0.1) is 12.6 Å². The smallest absolute Gasteiger partial charge is 0.331 e. The summed E-state index contributed by atoms with van der Waals surface area (Å²) in [5.74, 6) is 0. The van der Waals surface area contributed by atoms with E-state index in [9.17, 15) is 9.59 Å². The fourth-order valence-corrected chi connectivity index (χ4v) is 3.89. The largest absolute Gasteiger partial charge is 0.350 e. The number of rotatable bonds is 5. The zero-order valence-corrected chi connectivity index (χ0v) is 17.8. The Morgan fingerprint density at radius 3 is 2.70 bits per heavy atom. The first-order chi connectivity index (χ1) is 14.5. The Hall–Kier alpha value is -3.39. The van der Waals surface area contributed by atoms with E-state index in [0.29, 0.717) is 17.9 Å². The van der Waals surface area contributed by atoms with Gasteiger partial charge in [0.25, 0.3) is 0 Å². The molecule has 0 aliphatic rings. The van der Waals surface area contributed by atoms with Crippen molar-refractivity contribution >= 4 is 33.3 Å². The fourth-order valence-electron chi connectivity index (χ4n) is 3.26. The summed E-state index contributed by atoms with van der Waals surface area (Å²) in [4.78, 5) is 24.9. The van der Waals surface area contributed by atoms with Crippen LogP contribution in [0.25, 0.3) is 5.65 Å². The zero-order valence-electron chi connectivity index (χ0n) is 16.2. The molecule has 2 heterocycles. The summed E-state index contributed by atoms with van der Waals surface area (Å²) >= 11 is 3.51. The third kappa shape index (κ3) is 4.28. The molecule has 152 valence electrons. The predicted molar refractivity (Wildman–Crippen MR) is 120 cm³/mol. The van der Waals surface area contributed by atoms with E-state index in [1.54, 1.807) is 24.4 Å². The van der Waals surface area contributed by atoms with Crippen molar-refractivity contribution < 1.29 is 4.79 Å². The van der Waals surface area contributed by atoms with Gasteiger partial charge >= 0.3 is 11.7 Å². The number of nitrogens with zero attached hydrogens (tertiary/aromatic N) is 3. The minimum absolute atomic E-state index is 0.166. The van der Waals surface area contributed by atoms with E-state index in [-0.39, 0.29) is 17.8 Å². The summed E-state index contributed by atoms with van der Waals surface area (Å²) < 4.78 is 3.85. The van der Waals surface area contributed by atoms with E-state index in [0.717, 1.165) is 15.6 Å². The molecule has 0 bridgehead atoms. The van der Waals surface area contributed by atoms with Crippen molar-refractivity contribution in [2.24, 2.45) is 0 Å². The lowest BCUT2D eigenvalue weighted by Crippen LogP contribution is -2.31. The maximum Gasteiger partial charge on any atom is 0.350 e. The summed E-state index contributed by atoms with van der Waals surface area (Å²) in [5.41, 5.74) is 2.88. The topological polar surface area (TPSA) is 80.4 Å². The van der Waals surface area contributed by atoms with Gasteiger partial charge < -0.3 is 10.6 Å². The van der Waals surface area contributed by atoms with Crippen LogP contribution >= 0.6 is 15.9 Å². The molecule has 0 fully saturated rings. The van der Waals surface area contributed by atoms with Gasteiger partial charge in [0.1, 0.15) is 0 Å². The number of urea groups is 1. The van der Waals surface area contributed by atoms with Crippen LogP contribution < -0.4 is 16.3 Å². The molecular formula is C22H20BrN5O2. The molecule has 8 heteroatoms. The molecule has 7 nitrogen and oxygen atoms in total. The van der Waals surface area contributed by atoms with Gasteiger partial charge in [0, 0.05) is 16.4 Å². The third-order valence-corrected chi connectivity index (χ3v) is 5.45. The number of nitrogens with one attached hydrogen (secondary N) is 2. The first kappa shape index (κ1) is 19.9. The predicted octanol–water partition coefficient (Wildman–Crippen LogP) is 4.19. The highest BCUT2D eigenvalue weighted by molar-refractivity contribution is 9.10. The van der Waals surface area contributed by atoms with Gasteiger partial charge in [0.15, 0.2) is 5.65 Å². The van der Waals surface area contributed by atoms with Crippen LogP contribution in [0.2, 0.25) is 0 Å². The lowest BCUT2D eigenvalue weighted by Gasteiger charge is -2.16. The van der Waals surface area contributed by atoms with Crippen molar-refractivity contribution in [2.75, 3.05) is 5.32 Å². The molecule has 1 atom stereocenters. The molecule has 1 unspecified atom stereocenters. The molecule has 0 aliphatic carbocycles. The molecule has 2 aromatic heterocycles. The first-order valence-corrected chi connectivity index (χ1v) is 10.3. The number of hydrogen-bond acceptors (Lipinski definition) is 3. The van der Waals surface area contributed by atoms with Crippen molar-refractivity contribution in [3.63, 3.8) is 0 Å². The van der Waals surface area contributed by atoms with E-state index < -0.39 is 0 Å². The Labute approximate surface area is 181 Å². The summed E-state index contributed by atoms with van der Waals surface area (Å²) in [7, 11) is 0. The number of hydrogen-bond donors (Lipinski definition) is 2. The third-order valence-electron chi connectivity index (χ3n) is 4.72. The Kier molecular flexibility index (Phi) is 5.67. The molecule has 0 saturated carbocycles. The van der Waals surface area contributed by atoms with Crippen molar-refractivity contribution in [1.82, 2.24) is 19.5 Å². The number of fused-ring (bicyclic) bond motifs is 1. The van der Waals surface area contributed by atoms with Gasteiger partial charge in [-0.15, -0.1) is 5.10 Å². The number of halogens is 1. The highest BCUT2D eigenvalue weighted by Crippen LogP contribution is 2.22. The summed E-state index contributed by atoms with van der Waals surface area (Å²) in [6.07, 6.45) is 1.69. The second-order valence-corrected chi connectivity index (χ2v) is 7.77. The van der Waals surface area contributed by atoms with Gasteiger partial charge in [-0.1, -0.05) is 52.3 Å². The van der Waals surface area contributed by atoms with E-state index in [1.807, 2.05) is 55.5 Å². The lowest BCUT2D eigenvalue weighted by molar-refractivity contribution is 0.249. The molecule has 0 aliphatic heterocycles. The Bertz CT molecular complexity index is 1260. The van der Waals surface area contributed by atoms with E-state index in [4.69, 9.17) is 0 Å². The molecule has 4 rings (SSSR count).